The van der Waals surface area contributed by atoms with E-state index in [1.165, 1.54) is 6.08 Å². The summed E-state index contributed by atoms with van der Waals surface area (Å²) >= 11 is 0. The summed E-state index contributed by atoms with van der Waals surface area (Å²) in [5.41, 5.74) is 0.388. The normalized spacial score (nSPS) is 20.4. The van der Waals surface area contributed by atoms with Crippen molar-refractivity contribution >= 4 is 12.1 Å². The van der Waals surface area contributed by atoms with Crippen LogP contribution in [-0.2, 0) is 14.3 Å². The van der Waals surface area contributed by atoms with Crippen molar-refractivity contribution in [1.29, 1.82) is 0 Å². The number of amides is 1. The molecule has 0 saturated carbocycles. The van der Waals surface area contributed by atoms with Crippen LogP contribution in [0.4, 0.5) is 4.79 Å². The molecular weight excluding hydrogens is 258 g/mol. The lowest BCUT2D eigenvalue weighted by Gasteiger charge is -2.32. The molecule has 0 aromatic rings. The van der Waals surface area contributed by atoms with Gasteiger partial charge in [0.2, 0.25) is 0 Å². The molecule has 0 spiro atoms. The Bertz CT molecular complexity index is 407. The maximum Gasteiger partial charge on any atom is 0.410 e. The number of alkyl carbamates (subject to hydrolysis) is 1. The first-order chi connectivity index (χ1) is 9.09. The Balaban J connectivity index is 2.57. The summed E-state index contributed by atoms with van der Waals surface area (Å²) in [6.07, 6.45) is 0.880. The fourth-order valence-electron chi connectivity index (χ4n) is 1.94. The Morgan fingerprint density at radius 2 is 2.05 bits per heavy atom. The van der Waals surface area contributed by atoms with Crippen molar-refractivity contribution in [1.82, 2.24) is 5.32 Å². The summed E-state index contributed by atoms with van der Waals surface area (Å²) in [5, 5.41) is 2.86. The molecule has 1 heterocycles. The van der Waals surface area contributed by atoms with Gasteiger partial charge in [0.25, 0.3) is 6.29 Å². The molecule has 0 fully saturated rings. The van der Waals surface area contributed by atoms with Crippen LogP contribution in [0, 0.1) is 11.3 Å². The second kappa shape index (κ2) is 6.29. The number of ether oxygens (including phenoxy) is 2. The molecule has 1 rings (SSSR count). The maximum absolute atomic E-state index is 11.9. The second-order valence-corrected chi connectivity index (χ2v) is 6.72. The van der Waals surface area contributed by atoms with Crippen LogP contribution in [0.2, 0.25) is 0 Å². The van der Waals surface area contributed by atoms with Gasteiger partial charge in [-0.15, -0.1) is 0 Å². The minimum absolute atomic E-state index is 0.00261. The molecule has 0 radical (unpaired) electrons. The smallest absolute Gasteiger partial charge is 0.410 e. The molecule has 0 aromatic heterocycles. The first-order valence-corrected chi connectivity index (χ1v) is 6.96. The minimum atomic E-state index is -0.915. The average Bonchev–Trinajstić information content (AvgIpc) is 2.54. The molecular formula is C15H25NO4. The Hall–Kier alpha value is -1.52. The summed E-state index contributed by atoms with van der Waals surface area (Å²) < 4.78 is 9.97. The van der Waals surface area contributed by atoms with Crippen molar-refractivity contribution in [2.75, 3.05) is 0 Å². The maximum atomic E-state index is 11.9. The number of nitrogens with one attached hydrogen (secondary N) is 1. The van der Waals surface area contributed by atoms with Crippen molar-refractivity contribution in [3.05, 3.63) is 11.6 Å². The topological polar surface area (TPSA) is 64.6 Å². The molecule has 0 saturated heterocycles. The Kier molecular flexibility index (Phi) is 5.20. The lowest BCUT2D eigenvalue weighted by Crippen LogP contribution is -2.45. The molecule has 5 heteroatoms. The van der Waals surface area contributed by atoms with Crippen LogP contribution in [-0.4, -0.2) is 24.4 Å². The van der Waals surface area contributed by atoms with E-state index in [1.54, 1.807) is 6.92 Å². The van der Waals surface area contributed by atoms with E-state index in [-0.39, 0.29) is 11.5 Å². The van der Waals surface area contributed by atoms with Gasteiger partial charge < -0.3 is 14.8 Å². The largest absolute Gasteiger partial charge is 0.418 e. The fourth-order valence-corrected chi connectivity index (χ4v) is 1.94. The van der Waals surface area contributed by atoms with Crippen LogP contribution in [0.3, 0.4) is 0 Å². The van der Waals surface area contributed by atoms with Crippen LogP contribution in [0.1, 0.15) is 48.0 Å². The standard InChI is InChI=1S/C15H25NO4/c1-9(2)7-11(15(4,5)6)16-14(18)20-12-8-10(3)13(17)19-12/h8-9,11-12H,7H2,1-6H3,(H,16,18)/t11-,12?/m0/s1. The second-order valence-electron chi connectivity index (χ2n) is 6.72. The van der Waals surface area contributed by atoms with Gasteiger partial charge in [-0.3, -0.25) is 0 Å². The van der Waals surface area contributed by atoms with Gasteiger partial charge in [0, 0.05) is 17.7 Å². The van der Waals surface area contributed by atoms with Crippen LogP contribution < -0.4 is 5.32 Å². The van der Waals surface area contributed by atoms with Gasteiger partial charge in [-0.25, -0.2) is 9.59 Å². The molecule has 5 nitrogen and oxygen atoms in total. The van der Waals surface area contributed by atoms with Gasteiger partial charge in [-0.2, -0.15) is 0 Å². The van der Waals surface area contributed by atoms with Crippen LogP contribution in [0.15, 0.2) is 11.6 Å². The molecule has 1 amide bonds. The van der Waals surface area contributed by atoms with E-state index in [4.69, 9.17) is 9.47 Å². The van der Waals surface area contributed by atoms with Crippen molar-refractivity contribution < 1.29 is 19.1 Å². The van der Waals surface area contributed by atoms with Gasteiger partial charge in [-0.1, -0.05) is 34.6 Å². The zero-order valence-electron chi connectivity index (χ0n) is 13.1. The number of carbonyl (C=O) groups excluding carboxylic acids is 2. The van der Waals surface area contributed by atoms with E-state index >= 15 is 0 Å². The summed E-state index contributed by atoms with van der Waals surface area (Å²) in [5.74, 6) is 0.0170. The van der Waals surface area contributed by atoms with Crippen LogP contribution in [0.25, 0.3) is 0 Å². The molecule has 1 aliphatic heterocycles. The SMILES string of the molecule is CC1=CC(OC(=O)N[C@@H](CC(C)C)C(C)(C)C)OC1=O. The Labute approximate surface area is 120 Å². The molecule has 1 aliphatic rings. The summed E-state index contributed by atoms with van der Waals surface area (Å²) in [6.45, 7) is 12.0. The van der Waals surface area contributed by atoms with Crippen molar-refractivity contribution in [3.8, 4) is 0 Å². The van der Waals surface area contributed by atoms with Crippen molar-refractivity contribution in [2.45, 2.75) is 60.3 Å². The molecule has 20 heavy (non-hydrogen) atoms. The highest BCUT2D eigenvalue weighted by Crippen LogP contribution is 2.25. The number of rotatable bonds is 4. The zero-order valence-corrected chi connectivity index (χ0v) is 13.1. The zero-order chi connectivity index (χ0) is 15.5. The summed E-state index contributed by atoms with van der Waals surface area (Å²) in [4.78, 5) is 23.1. The molecule has 0 aliphatic carbocycles. The van der Waals surface area contributed by atoms with Gasteiger partial charge in [0.05, 0.1) is 0 Å². The lowest BCUT2D eigenvalue weighted by atomic mass is 9.82. The van der Waals surface area contributed by atoms with Gasteiger partial charge in [-0.05, 0) is 24.7 Å². The Morgan fingerprint density at radius 3 is 2.45 bits per heavy atom. The lowest BCUT2D eigenvalue weighted by molar-refractivity contribution is -0.151. The summed E-state index contributed by atoms with van der Waals surface area (Å²) in [6, 6.07) is -0.00261. The fraction of sp³-hybridized carbons (Fsp3) is 0.733. The first kappa shape index (κ1) is 16.5. The highest BCUT2D eigenvalue weighted by molar-refractivity contribution is 5.90. The highest BCUT2D eigenvalue weighted by Gasteiger charge is 2.30. The molecule has 114 valence electrons. The molecule has 0 bridgehead atoms. The predicted octanol–water partition coefficient (Wildman–Crippen LogP) is 3.00. The van der Waals surface area contributed by atoms with Crippen molar-refractivity contribution in [2.24, 2.45) is 11.3 Å². The third-order valence-electron chi connectivity index (χ3n) is 3.20. The number of hydrogen-bond donors (Lipinski definition) is 1. The van der Waals surface area contributed by atoms with E-state index in [0.717, 1.165) is 6.42 Å². The van der Waals surface area contributed by atoms with Crippen LogP contribution >= 0.6 is 0 Å². The Morgan fingerprint density at radius 1 is 1.45 bits per heavy atom. The number of hydrogen-bond acceptors (Lipinski definition) is 4. The monoisotopic (exact) mass is 283 g/mol. The van der Waals surface area contributed by atoms with Gasteiger partial charge in [0.1, 0.15) is 0 Å². The van der Waals surface area contributed by atoms with Gasteiger partial charge >= 0.3 is 12.1 Å². The van der Waals surface area contributed by atoms with Gasteiger partial charge in [0.15, 0.2) is 0 Å². The molecule has 2 atom stereocenters. The minimum Gasteiger partial charge on any atom is -0.418 e. The third-order valence-corrected chi connectivity index (χ3v) is 3.20. The molecule has 0 aromatic carbocycles. The number of carbonyl (C=O) groups is 2. The van der Waals surface area contributed by atoms with Crippen molar-refractivity contribution in [3.63, 3.8) is 0 Å². The van der Waals surface area contributed by atoms with E-state index in [1.807, 2.05) is 0 Å². The highest BCUT2D eigenvalue weighted by atomic mass is 16.7. The van der Waals surface area contributed by atoms with E-state index in [0.29, 0.717) is 11.5 Å². The number of cyclic esters (lactones) is 1. The molecule has 1 N–H and O–H groups in total. The summed E-state index contributed by atoms with van der Waals surface area (Å²) in [7, 11) is 0. The first-order valence-electron chi connectivity index (χ1n) is 6.96. The van der Waals surface area contributed by atoms with E-state index in [2.05, 4.69) is 39.9 Å². The number of esters is 1. The van der Waals surface area contributed by atoms with E-state index < -0.39 is 18.4 Å². The molecule has 1 unspecified atom stereocenters. The van der Waals surface area contributed by atoms with Crippen LogP contribution in [0.5, 0.6) is 0 Å². The predicted molar refractivity (Wildman–Crippen MR) is 76.0 cm³/mol. The van der Waals surface area contributed by atoms with E-state index in [9.17, 15) is 9.59 Å². The third kappa shape index (κ3) is 4.87. The average molecular weight is 283 g/mol. The quantitative estimate of drug-likeness (QED) is 0.805.